The Hall–Kier alpha value is -2.55. The number of anilines is 1. The molecule has 0 saturated carbocycles. The van der Waals surface area contributed by atoms with Crippen molar-refractivity contribution >= 4 is 17.7 Å². The van der Waals surface area contributed by atoms with Crippen molar-refractivity contribution in [1.29, 1.82) is 0 Å². The lowest BCUT2D eigenvalue weighted by Gasteiger charge is -2.28. The number of amides is 1. The Labute approximate surface area is 148 Å². The highest BCUT2D eigenvalue weighted by Gasteiger charge is 2.37. The van der Waals surface area contributed by atoms with Crippen LogP contribution in [0.3, 0.4) is 0 Å². The minimum atomic E-state index is 0.117. The van der Waals surface area contributed by atoms with Crippen molar-refractivity contribution in [3.05, 3.63) is 70.9 Å². The largest absolute Gasteiger partial charge is 0.375 e. The van der Waals surface area contributed by atoms with Crippen LogP contribution in [0.1, 0.15) is 46.7 Å². The van der Waals surface area contributed by atoms with Gasteiger partial charge in [0.05, 0.1) is 0 Å². The molecule has 25 heavy (non-hydrogen) atoms. The SMILES string of the molecule is O=C(c1ccccc1)N1CC2CC(N3CCCC3)=Cc3cccc1c32. The molecule has 0 radical (unpaired) electrons. The highest BCUT2D eigenvalue weighted by atomic mass is 16.2. The molecule has 1 saturated heterocycles. The summed E-state index contributed by atoms with van der Waals surface area (Å²) in [6.07, 6.45) is 6.01. The van der Waals surface area contributed by atoms with Gasteiger partial charge >= 0.3 is 0 Å². The second-order valence-electron chi connectivity index (χ2n) is 7.29. The van der Waals surface area contributed by atoms with Crippen LogP contribution in [-0.2, 0) is 0 Å². The molecule has 0 aromatic heterocycles. The van der Waals surface area contributed by atoms with E-state index in [-0.39, 0.29) is 5.91 Å². The molecule has 126 valence electrons. The Morgan fingerprint density at radius 2 is 1.76 bits per heavy atom. The maximum atomic E-state index is 13.0. The first-order valence-corrected chi connectivity index (χ1v) is 9.26. The molecule has 2 heterocycles. The molecule has 1 unspecified atom stereocenters. The van der Waals surface area contributed by atoms with E-state index >= 15 is 0 Å². The lowest BCUT2D eigenvalue weighted by molar-refractivity contribution is 0.0988. The molecule has 3 aliphatic rings. The van der Waals surface area contributed by atoms with Gasteiger partial charge in [-0.15, -0.1) is 0 Å². The van der Waals surface area contributed by atoms with E-state index in [1.54, 1.807) is 0 Å². The molecule has 3 nitrogen and oxygen atoms in total. The van der Waals surface area contributed by atoms with Crippen molar-refractivity contribution in [3.8, 4) is 0 Å². The van der Waals surface area contributed by atoms with E-state index in [9.17, 15) is 4.79 Å². The molecule has 1 atom stereocenters. The Morgan fingerprint density at radius 1 is 0.960 bits per heavy atom. The van der Waals surface area contributed by atoms with Crippen molar-refractivity contribution in [2.45, 2.75) is 25.2 Å². The van der Waals surface area contributed by atoms with Gasteiger partial charge in [0.15, 0.2) is 0 Å². The van der Waals surface area contributed by atoms with Crippen LogP contribution in [0.25, 0.3) is 6.08 Å². The lowest BCUT2D eigenvalue weighted by atomic mass is 9.86. The molecule has 2 aliphatic heterocycles. The predicted molar refractivity (Wildman–Crippen MR) is 101 cm³/mol. The first-order valence-electron chi connectivity index (χ1n) is 9.26. The molecule has 0 spiro atoms. The van der Waals surface area contributed by atoms with E-state index in [0.29, 0.717) is 5.92 Å². The third kappa shape index (κ3) is 2.38. The number of rotatable bonds is 2. The van der Waals surface area contributed by atoms with Gasteiger partial charge in [0.25, 0.3) is 5.91 Å². The van der Waals surface area contributed by atoms with Crippen molar-refractivity contribution in [3.63, 3.8) is 0 Å². The quantitative estimate of drug-likeness (QED) is 0.821. The minimum Gasteiger partial charge on any atom is -0.375 e. The fraction of sp³-hybridized carbons (Fsp3) is 0.318. The van der Waals surface area contributed by atoms with E-state index in [0.717, 1.165) is 24.2 Å². The summed E-state index contributed by atoms with van der Waals surface area (Å²) in [5, 5.41) is 0. The third-order valence-electron chi connectivity index (χ3n) is 5.77. The number of allylic oxidation sites excluding steroid dienone is 1. The van der Waals surface area contributed by atoms with Crippen LogP contribution in [-0.4, -0.2) is 30.4 Å². The van der Waals surface area contributed by atoms with E-state index in [2.05, 4.69) is 29.2 Å². The molecule has 2 aromatic rings. The molecule has 0 N–H and O–H groups in total. The zero-order valence-corrected chi connectivity index (χ0v) is 14.3. The van der Waals surface area contributed by atoms with Crippen molar-refractivity contribution in [1.82, 2.24) is 4.90 Å². The van der Waals surface area contributed by atoms with Crippen LogP contribution in [0.4, 0.5) is 5.69 Å². The van der Waals surface area contributed by atoms with E-state index < -0.39 is 0 Å². The maximum Gasteiger partial charge on any atom is 0.258 e. The molecule has 2 aromatic carbocycles. The summed E-state index contributed by atoms with van der Waals surface area (Å²) < 4.78 is 0. The van der Waals surface area contributed by atoms with Crippen LogP contribution in [0.2, 0.25) is 0 Å². The molecular weight excluding hydrogens is 308 g/mol. The minimum absolute atomic E-state index is 0.117. The van der Waals surface area contributed by atoms with Gasteiger partial charge in [-0.3, -0.25) is 4.79 Å². The van der Waals surface area contributed by atoms with Crippen molar-refractivity contribution in [2.75, 3.05) is 24.5 Å². The third-order valence-corrected chi connectivity index (χ3v) is 5.77. The summed E-state index contributed by atoms with van der Waals surface area (Å²) in [7, 11) is 0. The summed E-state index contributed by atoms with van der Waals surface area (Å²) in [5.41, 5.74) is 6.01. The number of carbonyl (C=O) groups excluding carboxylic acids is 1. The Kier molecular flexibility index (Phi) is 3.40. The van der Waals surface area contributed by atoms with E-state index in [4.69, 9.17) is 0 Å². The number of benzene rings is 2. The van der Waals surface area contributed by atoms with Gasteiger partial charge in [-0.05, 0) is 54.7 Å². The second kappa shape index (κ2) is 5.76. The second-order valence-corrected chi connectivity index (χ2v) is 7.29. The van der Waals surface area contributed by atoms with Gasteiger partial charge in [0.1, 0.15) is 0 Å². The number of hydrogen-bond donors (Lipinski definition) is 0. The summed E-state index contributed by atoms with van der Waals surface area (Å²) in [6, 6.07) is 16.0. The lowest BCUT2D eigenvalue weighted by Crippen LogP contribution is -2.30. The van der Waals surface area contributed by atoms with Crippen LogP contribution >= 0.6 is 0 Å². The Bertz CT molecular complexity index is 850. The molecular formula is C22H22N2O. The number of carbonyl (C=O) groups is 1. The van der Waals surface area contributed by atoms with Crippen molar-refractivity contribution in [2.24, 2.45) is 0 Å². The zero-order chi connectivity index (χ0) is 16.8. The van der Waals surface area contributed by atoms with Crippen LogP contribution in [0, 0.1) is 0 Å². The Balaban J connectivity index is 1.51. The van der Waals surface area contributed by atoms with Gasteiger partial charge in [-0.2, -0.15) is 0 Å². The van der Waals surface area contributed by atoms with Crippen molar-refractivity contribution < 1.29 is 4.79 Å². The average molecular weight is 330 g/mol. The molecule has 1 amide bonds. The van der Waals surface area contributed by atoms with Crippen LogP contribution in [0.5, 0.6) is 0 Å². The maximum absolute atomic E-state index is 13.0. The topological polar surface area (TPSA) is 23.6 Å². The fourth-order valence-electron chi connectivity index (χ4n) is 4.60. The van der Waals surface area contributed by atoms with E-state index in [1.165, 1.54) is 42.8 Å². The first-order chi connectivity index (χ1) is 12.3. The van der Waals surface area contributed by atoms with Crippen LogP contribution < -0.4 is 4.90 Å². The van der Waals surface area contributed by atoms with Gasteiger partial charge in [0, 0.05) is 42.5 Å². The summed E-state index contributed by atoms with van der Waals surface area (Å²) in [4.78, 5) is 17.6. The van der Waals surface area contributed by atoms with Gasteiger partial charge in [-0.25, -0.2) is 0 Å². The first kappa shape index (κ1) is 14.8. The van der Waals surface area contributed by atoms with E-state index in [1.807, 2.05) is 35.2 Å². The molecule has 1 aliphatic carbocycles. The number of hydrogen-bond acceptors (Lipinski definition) is 2. The van der Waals surface area contributed by atoms with Gasteiger partial charge in [0.2, 0.25) is 0 Å². The predicted octanol–water partition coefficient (Wildman–Crippen LogP) is 4.27. The van der Waals surface area contributed by atoms with Gasteiger partial charge in [-0.1, -0.05) is 30.3 Å². The normalized spacial score (nSPS) is 21.3. The monoisotopic (exact) mass is 330 g/mol. The highest BCUT2D eigenvalue weighted by Crippen LogP contribution is 2.46. The molecule has 1 fully saturated rings. The molecule has 0 bridgehead atoms. The smallest absolute Gasteiger partial charge is 0.258 e. The average Bonchev–Trinajstić information content (AvgIpc) is 3.31. The molecule has 3 heteroatoms. The summed E-state index contributed by atoms with van der Waals surface area (Å²) in [6.45, 7) is 3.16. The fourth-order valence-corrected chi connectivity index (χ4v) is 4.60. The standard InChI is InChI=1S/C22H22N2O/c25-22(16-7-2-1-3-8-16)24-15-18-14-19(23-11-4-5-12-23)13-17-9-6-10-20(24)21(17)18/h1-3,6-10,13,18H,4-5,11-12,14-15H2. The summed E-state index contributed by atoms with van der Waals surface area (Å²) >= 11 is 0. The summed E-state index contributed by atoms with van der Waals surface area (Å²) in [5.74, 6) is 0.547. The number of likely N-dealkylation sites (tertiary alicyclic amines) is 1. The molecule has 5 rings (SSSR count). The highest BCUT2D eigenvalue weighted by molar-refractivity contribution is 6.08. The zero-order valence-electron chi connectivity index (χ0n) is 14.3. The van der Waals surface area contributed by atoms with Gasteiger partial charge < -0.3 is 9.80 Å². The Morgan fingerprint density at radius 3 is 2.56 bits per heavy atom. The number of nitrogens with zero attached hydrogens (tertiary/aromatic N) is 2. The van der Waals surface area contributed by atoms with Crippen LogP contribution in [0.15, 0.2) is 54.2 Å².